The van der Waals surface area contributed by atoms with Gasteiger partial charge in [-0.25, -0.2) is 9.97 Å². The highest BCUT2D eigenvalue weighted by Crippen LogP contribution is 2.28. The van der Waals surface area contributed by atoms with Crippen molar-refractivity contribution < 1.29 is 14.4 Å². The lowest BCUT2D eigenvalue weighted by atomic mass is 10.0. The van der Waals surface area contributed by atoms with Gasteiger partial charge in [0.05, 0.1) is 16.8 Å². The SMILES string of the molecule is CCC(C)N1C(=O)c2ccc(C(=O)N3CCN(c4cc(-c5ccccc5)nc(C)n4)CC3)cc2C1=O. The first kappa shape index (κ1) is 23.7. The molecule has 1 atom stereocenters. The number of fused-ring (bicyclic) bond motifs is 1. The van der Waals surface area contributed by atoms with Gasteiger partial charge in [-0.05, 0) is 38.5 Å². The molecule has 0 aliphatic carbocycles. The van der Waals surface area contributed by atoms with E-state index in [2.05, 4.69) is 14.9 Å². The van der Waals surface area contributed by atoms with E-state index in [1.165, 1.54) is 4.90 Å². The fraction of sp³-hybridized carbons (Fsp3) is 0.321. The predicted molar refractivity (Wildman–Crippen MR) is 137 cm³/mol. The molecule has 2 aromatic carbocycles. The number of aromatic nitrogens is 2. The first-order chi connectivity index (χ1) is 17.4. The molecule has 1 fully saturated rings. The van der Waals surface area contributed by atoms with Gasteiger partial charge in [-0.15, -0.1) is 0 Å². The topological polar surface area (TPSA) is 86.7 Å². The van der Waals surface area contributed by atoms with Crippen LogP contribution in [0.3, 0.4) is 0 Å². The summed E-state index contributed by atoms with van der Waals surface area (Å²) in [6.45, 7) is 8.03. The van der Waals surface area contributed by atoms with Gasteiger partial charge >= 0.3 is 0 Å². The number of rotatable bonds is 5. The molecular weight excluding hydrogens is 454 g/mol. The lowest BCUT2D eigenvalue weighted by Gasteiger charge is -2.35. The minimum Gasteiger partial charge on any atom is -0.353 e. The van der Waals surface area contributed by atoms with E-state index in [4.69, 9.17) is 0 Å². The van der Waals surface area contributed by atoms with Crippen LogP contribution >= 0.6 is 0 Å². The maximum atomic E-state index is 13.3. The number of amides is 3. The lowest BCUT2D eigenvalue weighted by Crippen LogP contribution is -2.49. The summed E-state index contributed by atoms with van der Waals surface area (Å²) in [6, 6.07) is 16.6. The zero-order valence-corrected chi connectivity index (χ0v) is 20.8. The van der Waals surface area contributed by atoms with Crippen LogP contribution in [0.25, 0.3) is 11.3 Å². The van der Waals surface area contributed by atoms with Crippen molar-refractivity contribution in [2.24, 2.45) is 0 Å². The monoisotopic (exact) mass is 483 g/mol. The number of hydrogen-bond acceptors (Lipinski definition) is 6. The van der Waals surface area contributed by atoms with Gasteiger partial charge in [0.25, 0.3) is 17.7 Å². The van der Waals surface area contributed by atoms with Crippen LogP contribution in [0.5, 0.6) is 0 Å². The summed E-state index contributed by atoms with van der Waals surface area (Å²) in [4.78, 5) is 53.3. The molecule has 0 N–H and O–H groups in total. The summed E-state index contributed by atoms with van der Waals surface area (Å²) in [5.41, 5.74) is 3.03. The third-order valence-electron chi connectivity index (χ3n) is 6.98. The minimum absolute atomic E-state index is 0.136. The Labute approximate surface area is 210 Å². The highest BCUT2D eigenvalue weighted by atomic mass is 16.2. The molecule has 1 unspecified atom stereocenters. The molecule has 0 bridgehead atoms. The van der Waals surface area contributed by atoms with Crippen LogP contribution in [0.4, 0.5) is 5.82 Å². The number of aryl methyl sites for hydroxylation is 1. The van der Waals surface area contributed by atoms with Crippen molar-refractivity contribution in [2.75, 3.05) is 31.1 Å². The molecule has 3 heterocycles. The van der Waals surface area contributed by atoms with Gasteiger partial charge in [0.1, 0.15) is 11.6 Å². The van der Waals surface area contributed by atoms with Crippen LogP contribution in [0, 0.1) is 6.92 Å². The standard InChI is InChI=1S/C28H29N5O3/c1-4-18(2)33-27(35)22-11-10-21(16-23(22)28(33)36)26(34)32-14-12-31(13-15-32)25-17-24(29-19(3)30-25)20-8-6-5-7-9-20/h5-11,16-18H,4,12-15H2,1-3H3. The van der Waals surface area contributed by atoms with E-state index >= 15 is 0 Å². The van der Waals surface area contributed by atoms with Crippen molar-refractivity contribution in [3.05, 3.63) is 77.1 Å². The van der Waals surface area contributed by atoms with E-state index in [1.807, 2.05) is 57.2 Å². The Morgan fingerprint density at radius 1 is 0.917 bits per heavy atom. The minimum atomic E-state index is -0.322. The van der Waals surface area contributed by atoms with Crippen molar-refractivity contribution in [3.8, 4) is 11.3 Å². The maximum absolute atomic E-state index is 13.3. The Kier molecular flexibility index (Phi) is 6.26. The molecule has 1 saturated heterocycles. The van der Waals surface area contributed by atoms with Crippen molar-refractivity contribution in [1.29, 1.82) is 0 Å². The number of piperazine rings is 1. The van der Waals surface area contributed by atoms with Crippen molar-refractivity contribution >= 4 is 23.5 Å². The van der Waals surface area contributed by atoms with Gasteiger partial charge in [-0.1, -0.05) is 37.3 Å². The summed E-state index contributed by atoms with van der Waals surface area (Å²) < 4.78 is 0. The highest BCUT2D eigenvalue weighted by molar-refractivity contribution is 6.22. The number of anilines is 1. The molecule has 2 aliphatic rings. The number of nitrogens with zero attached hydrogens (tertiary/aromatic N) is 5. The van der Waals surface area contributed by atoms with E-state index in [0.717, 1.165) is 17.1 Å². The quantitative estimate of drug-likeness (QED) is 0.513. The van der Waals surface area contributed by atoms with Gasteiger partial charge in [-0.2, -0.15) is 0 Å². The Morgan fingerprint density at radius 2 is 1.61 bits per heavy atom. The number of hydrogen-bond donors (Lipinski definition) is 0. The van der Waals surface area contributed by atoms with Crippen LogP contribution in [0.15, 0.2) is 54.6 Å². The van der Waals surface area contributed by atoms with Crippen LogP contribution < -0.4 is 4.90 Å². The molecular formula is C28H29N5O3. The average Bonchev–Trinajstić information content (AvgIpc) is 3.17. The van der Waals surface area contributed by atoms with E-state index in [9.17, 15) is 14.4 Å². The van der Waals surface area contributed by atoms with Crippen molar-refractivity contribution in [3.63, 3.8) is 0 Å². The second-order valence-electron chi connectivity index (χ2n) is 9.30. The molecule has 5 rings (SSSR count). The summed E-state index contributed by atoms with van der Waals surface area (Å²) in [5.74, 6) is 0.807. The van der Waals surface area contributed by atoms with E-state index in [-0.39, 0.29) is 23.8 Å². The average molecular weight is 484 g/mol. The third-order valence-corrected chi connectivity index (χ3v) is 6.98. The van der Waals surface area contributed by atoms with Gasteiger partial charge in [0.2, 0.25) is 0 Å². The van der Waals surface area contributed by atoms with E-state index in [1.54, 1.807) is 23.1 Å². The van der Waals surface area contributed by atoms with Crippen molar-refractivity contribution in [1.82, 2.24) is 19.8 Å². The van der Waals surface area contributed by atoms with Crippen LogP contribution in [0.1, 0.15) is 57.2 Å². The molecule has 0 radical (unpaired) electrons. The Bertz CT molecular complexity index is 1330. The first-order valence-electron chi connectivity index (χ1n) is 12.3. The predicted octanol–water partition coefficient (Wildman–Crippen LogP) is 3.81. The fourth-order valence-electron chi connectivity index (χ4n) is 4.77. The Balaban J connectivity index is 1.29. The zero-order valence-electron chi connectivity index (χ0n) is 20.8. The fourth-order valence-corrected chi connectivity index (χ4v) is 4.77. The molecule has 8 nitrogen and oxygen atoms in total. The summed E-state index contributed by atoms with van der Waals surface area (Å²) in [5, 5.41) is 0. The molecule has 1 aromatic heterocycles. The summed E-state index contributed by atoms with van der Waals surface area (Å²) in [6.07, 6.45) is 0.681. The summed E-state index contributed by atoms with van der Waals surface area (Å²) >= 11 is 0. The molecule has 8 heteroatoms. The number of benzene rings is 2. The molecule has 2 aliphatic heterocycles. The number of imide groups is 1. The van der Waals surface area contributed by atoms with E-state index in [0.29, 0.717) is 55.1 Å². The zero-order chi connectivity index (χ0) is 25.4. The maximum Gasteiger partial charge on any atom is 0.261 e. The van der Waals surface area contributed by atoms with Gasteiger partial charge in [0, 0.05) is 49.4 Å². The second-order valence-corrected chi connectivity index (χ2v) is 9.30. The normalized spacial score (nSPS) is 16.4. The van der Waals surface area contributed by atoms with E-state index < -0.39 is 0 Å². The number of carbonyl (C=O) groups excluding carboxylic acids is 3. The smallest absolute Gasteiger partial charge is 0.261 e. The molecule has 36 heavy (non-hydrogen) atoms. The van der Waals surface area contributed by atoms with Crippen LogP contribution in [0.2, 0.25) is 0 Å². The summed E-state index contributed by atoms with van der Waals surface area (Å²) in [7, 11) is 0. The van der Waals surface area contributed by atoms with Crippen molar-refractivity contribution in [2.45, 2.75) is 33.2 Å². The van der Waals surface area contributed by atoms with Gasteiger partial charge in [0.15, 0.2) is 0 Å². The molecule has 184 valence electrons. The third kappa shape index (κ3) is 4.23. The molecule has 3 aromatic rings. The van der Waals surface area contributed by atoms with Crippen LogP contribution in [-0.2, 0) is 0 Å². The molecule has 0 saturated carbocycles. The van der Waals surface area contributed by atoms with Gasteiger partial charge in [-0.3, -0.25) is 19.3 Å². The second kappa shape index (κ2) is 9.53. The van der Waals surface area contributed by atoms with Crippen LogP contribution in [-0.4, -0.2) is 69.7 Å². The van der Waals surface area contributed by atoms with Gasteiger partial charge < -0.3 is 9.80 Å². The Hall–Kier alpha value is -4.07. The number of carbonyl (C=O) groups is 3. The highest BCUT2D eigenvalue weighted by Gasteiger charge is 2.38. The molecule has 0 spiro atoms. The lowest BCUT2D eigenvalue weighted by molar-refractivity contribution is 0.0593. The Morgan fingerprint density at radius 3 is 2.31 bits per heavy atom. The first-order valence-corrected chi connectivity index (χ1v) is 12.3. The molecule has 3 amide bonds. The largest absolute Gasteiger partial charge is 0.353 e.